The van der Waals surface area contributed by atoms with Gasteiger partial charge in [0.15, 0.2) is 0 Å². The summed E-state index contributed by atoms with van der Waals surface area (Å²) >= 11 is 0. The van der Waals surface area contributed by atoms with Gasteiger partial charge in [0, 0.05) is 18.9 Å². The van der Waals surface area contributed by atoms with Gasteiger partial charge in [0.25, 0.3) is 0 Å². The van der Waals surface area contributed by atoms with Crippen molar-refractivity contribution in [3.8, 4) is 0 Å². The van der Waals surface area contributed by atoms with Crippen LogP contribution >= 0.6 is 0 Å². The summed E-state index contributed by atoms with van der Waals surface area (Å²) in [6, 6.07) is 0.596. The fourth-order valence-electron chi connectivity index (χ4n) is 2.31. The number of piperidine rings is 1. The molecule has 2 atom stereocenters. The average Bonchev–Trinajstić information content (AvgIpc) is 2.90. The quantitative estimate of drug-likeness (QED) is 0.866. The molecule has 0 aliphatic carbocycles. The van der Waals surface area contributed by atoms with Crippen LogP contribution in [0, 0.1) is 0 Å². The lowest BCUT2D eigenvalue weighted by Crippen LogP contribution is -2.50. The maximum Gasteiger partial charge on any atom is 0.326 e. The van der Waals surface area contributed by atoms with E-state index in [1.165, 1.54) is 4.90 Å². The SMILES string of the molecule is CC(C(=O)N1CCCCC1C(=O)O)n1cccn1. The molecule has 1 aromatic rings. The summed E-state index contributed by atoms with van der Waals surface area (Å²) in [5.74, 6) is -1.10. The molecule has 6 nitrogen and oxygen atoms in total. The highest BCUT2D eigenvalue weighted by Crippen LogP contribution is 2.21. The van der Waals surface area contributed by atoms with E-state index in [0.717, 1.165) is 12.8 Å². The molecule has 1 amide bonds. The Labute approximate surface area is 105 Å². The minimum Gasteiger partial charge on any atom is -0.480 e. The van der Waals surface area contributed by atoms with Crippen molar-refractivity contribution in [1.29, 1.82) is 0 Å². The summed E-state index contributed by atoms with van der Waals surface area (Å²) in [4.78, 5) is 24.9. The molecule has 0 spiro atoms. The molecule has 98 valence electrons. The van der Waals surface area contributed by atoms with E-state index >= 15 is 0 Å². The summed E-state index contributed by atoms with van der Waals surface area (Å²) in [7, 11) is 0. The van der Waals surface area contributed by atoms with Crippen LogP contribution in [0.1, 0.15) is 32.2 Å². The molecule has 1 saturated heterocycles. The Morgan fingerprint density at radius 3 is 2.83 bits per heavy atom. The lowest BCUT2D eigenvalue weighted by molar-refractivity contribution is -0.153. The van der Waals surface area contributed by atoms with E-state index in [1.807, 2.05) is 0 Å². The molecule has 1 fully saturated rings. The second-order valence-electron chi connectivity index (χ2n) is 4.54. The lowest BCUT2D eigenvalue weighted by Gasteiger charge is -2.34. The third-order valence-electron chi connectivity index (χ3n) is 3.35. The number of carbonyl (C=O) groups is 2. The first kappa shape index (κ1) is 12.6. The summed E-state index contributed by atoms with van der Waals surface area (Å²) in [5, 5.41) is 13.2. The van der Waals surface area contributed by atoms with Gasteiger partial charge in [-0.15, -0.1) is 0 Å². The van der Waals surface area contributed by atoms with Crippen LogP contribution in [0.25, 0.3) is 0 Å². The normalized spacial score (nSPS) is 21.6. The molecule has 2 rings (SSSR count). The number of hydrogen-bond donors (Lipinski definition) is 1. The Morgan fingerprint density at radius 2 is 2.22 bits per heavy atom. The van der Waals surface area contributed by atoms with Crippen LogP contribution in [0.5, 0.6) is 0 Å². The minimum absolute atomic E-state index is 0.175. The first-order chi connectivity index (χ1) is 8.61. The molecular weight excluding hydrogens is 234 g/mol. The van der Waals surface area contributed by atoms with Crippen molar-refractivity contribution < 1.29 is 14.7 Å². The summed E-state index contributed by atoms with van der Waals surface area (Å²) < 4.78 is 1.55. The van der Waals surface area contributed by atoms with Gasteiger partial charge in [-0.25, -0.2) is 4.79 Å². The van der Waals surface area contributed by atoms with Crippen LogP contribution in [0.4, 0.5) is 0 Å². The molecule has 0 aromatic carbocycles. The van der Waals surface area contributed by atoms with Gasteiger partial charge >= 0.3 is 5.97 Å². The third-order valence-corrected chi connectivity index (χ3v) is 3.35. The Kier molecular flexibility index (Phi) is 3.64. The van der Waals surface area contributed by atoms with Gasteiger partial charge in [-0.2, -0.15) is 5.10 Å². The first-order valence-electron chi connectivity index (χ1n) is 6.13. The second kappa shape index (κ2) is 5.20. The number of nitrogens with zero attached hydrogens (tertiary/aromatic N) is 3. The predicted octanol–water partition coefficient (Wildman–Crippen LogP) is 0.910. The van der Waals surface area contributed by atoms with E-state index in [4.69, 9.17) is 5.11 Å². The van der Waals surface area contributed by atoms with Gasteiger partial charge in [-0.3, -0.25) is 9.48 Å². The summed E-state index contributed by atoms with van der Waals surface area (Å²) in [6.45, 7) is 2.25. The zero-order valence-corrected chi connectivity index (χ0v) is 10.3. The Balaban J connectivity index is 2.13. The minimum atomic E-state index is -0.921. The van der Waals surface area contributed by atoms with Gasteiger partial charge < -0.3 is 10.0 Å². The smallest absolute Gasteiger partial charge is 0.326 e. The molecule has 1 aliphatic heterocycles. The highest BCUT2D eigenvalue weighted by molar-refractivity contribution is 5.86. The van der Waals surface area contributed by atoms with E-state index in [0.29, 0.717) is 13.0 Å². The lowest BCUT2D eigenvalue weighted by atomic mass is 10.0. The number of aromatic nitrogens is 2. The van der Waals surface area contributed by atoms with Crippen LogP contribution in [0.15, 0.2) is 18.5 Å². The van der Waals surface area contributed by atoms with Crippen LogP contribution in [0.2, 0.25) is 0 Å². The van der Waals surface area contributed by atoms with E-state index in [1.54, 1.807) is 30.1 Å². The fraction of sp³-hybridized carbons (Fsp3) is 0.583. The van der Waals surface area contributed by atoms with Crippen LogP contribution in [-0.2, 0) is 9.59 Å². The second-order valence-corrected chi connectivity index (χ2v) is 4.54. The Hall–Kier alpha value is -1.85. The number of aliphatic carboxylic acids is 1. The molecular formula is C12H17N3O3. The van der Waals surface area contributed by atoms with Gasteiger partial charge in [-0.05, 0) is 32.3 Å². The largest absolute Gasteiger partial charge is 0.480 e. The number of carboxylic acid groups (broad SMARTS) is 1. The zero-order chi connectivity index (χ0) is 13.1. The average molecular weight is 251 g/mol. The third kappa shape index (κ3) is 2.37. The van der Waals surface area contributed by atoms with E-state index in [-0.39, 0.29) is 5.91 Å². The maximum absolute atomic E-state index is 12.3. The number of amides is 1. The van der Waals surface area contributed by atoms with E-state index in [2.05, 4.69) is 5.10 Å². The molecule has 1 N–H and O–H groups in total. The number of hydrogen-bond acceptors (Lipinski definition) is 3. The highest BCUT2D eigenvalue weighted by Gasteiger charge is 2.34. The van der Waals surface area contributed by atoms with E-state index < -0.39 is 18.1 Å². The van der Waals surface area contributed by atoms with Crippen molar-refractivity contribution in [2.24, 2.45) is 0 Å². The van der Waals surface area contributed by atoms with Crippen molar-refractivity contribution in [3.63, 3.8) is 0 Å². The molecule has 2 heterocycles. The molecule has 0 bridgehead atoms. The number of carboxylic acids is 1. The topological polar surface area (TPSA) is 75.4 Å². The standard InChI is InChI=1S/C12H17N3O3/c1-9(15-8-4-6-13-15)11(16)14-7-3-2-5-10(14)12(17)18/h4,6,8-10H,2-3,5,7H2,1H3,(H,17,18). The van der Waals surface area contributed by atoms with Gasteiger partial charge in [0.2, 0.25) is 5.91 Å². The highest BCUT2D eigenvalue weighted by atomic mass is 16.4. The molecule has 1 aliphatic rings. The van der Waals surface area contributed by atoms with E-state index in [9.17, 15) is 9.59 Å². The van der Waals surface area contributed by atoms with Crippen molar-refractivity contribution in [1.82, 2.24) is 14.7 Å². The Morgan fingerprint density at radius 1 is 1.44 bits per heavy atom. The summed E-state index contributed by atoms with van der Waals surface area (Å²) in [6.07, 6.45) is 5.57. The van der Waals surface area contributed by atoms with Crippen molar-refractivity contribution >= 4 is 11.9 Å². The number of carbonyl (C=O) groups excluding carboxylic acids is 1. The Bertz CT molecular complexity index is 430. The van der Waals surface area contributed by atoms with Crippen LogP contribution in [-0.4, -0.2) is 44.3 Å². The number of likely N-dealkylation sites (tertiary alicyclic amines) is 1. The van der Waals surface area contributed by atoms with Crippen LogP contribution in [0.3, 0.4) is 0 Å². The van der Waals surface area contributed by atoms with Crippen molar-refractivity contribution in [2.45, 2.75) is 38.3 Å². The molecule has 6 heteroatoms. The summed E-state index contributed by atoms with van der Waals surface area (Å²) in [5.41, 5.74) is 0. The molecule has 0 radical (unpaired) electrons. The molecule has 18 heavy (non-hydrogen) atoms. The van der Waals surface area contributed by atoms with Crippen molar-refractivity contribution in [3.05, 3.63) is 18.5 Å². The predicted molar refractivity (Wildman–Crippen MR) is 63.9 cm³/mol. The molecule has 2 unspecified atom stereocenters. The first-order valence-corrected chi connectivity index (χ1v) is 6.13. The zero-order valence-electron chi connectivity index (χ0n) is 10.3. The van der Waals surface area contributed by atoms with Crippen molar-refractivity contribution in [2.75, 3.05) is 6.54 Å². The fourth-order valence-corrected chi connectivity index (χ4v) is 2.31. The molecule has 1 aromatic heterocycles. The van der Waals surface area contributed by atoms with Gasteiger partial charge in [-0.1, -0.05) is 0 Å². The van der Waals surface area contributed by atoms with Gasteiger partial charge in [0.1, 0.15) is 12.1 Å². The maximum atomic E-state index is 12.3. The number of rotatable bonds is 3. The van der Waals surface area contributed by atoms with Gasteiger partial charge in [0.05, 0.1) is 0 Å². The monoisotopic (exact) mass is 251 g/mol. The van der Waals surface area contributed by atoms with Crippen LogP contribution < -0.4 is 0 Å². The molecule has 0 saturated carbocycles.